The summed E-state index contributed by atoms with van der Waals surface area (Å²) in [4.78, 5) is 23.8. The molecule has 0 aliphatic rings. The van der Waals surface area contributed by atoms with E-state index in [1.807, 2.05) is 30.3 Å². The van der Waals surface area contributed by atoms with Crippen molar-refractivity contribution in [3.05, 3.63) is 42.0 Å². The maximum atomic E-state index is 12.3. The zero-order valence-corrected chi connectivity index (χ0v) is 12.9. The average molecular weight is 301 g/mol. The van der Waals surface area contributed by atoms with Gasteiger partial charge in [-0.1, -0.05) is 30.3 Å². The van der Waals surface area contributed by atoms with Crippen LogP contribution in [0.5, 0.6) is 5.75 Å². The van der Waals surface area contributed by atoms with Crippen LogP contribution in [0.2, 0.25) is 0 Å². The Morgan fingerprint density at radius 1 is 1.18 bits per heavy atom. The highest BCUT2D eigenvalue weighted by Gasteiger charge is 2.28. The number of esters is 1. The topological polar surface area (TPSA) is 64.6 Å². The Morgan fingerprint density at radius 2 is 1.91 bits per heavy atom. The Kier molecular flexibility index (Phi) is 4.99. The Bertz CT molecular complexity index is 696. The van der Waals surface area contributed by atoms with E-state index in [1.165, 1.54) is 14.0 Å². The predicted molar refractivity (Wildman–Crippen MR) is 83.7 cm³/mol. The van der Waals surface area contributed by atoms with Crippen molar-refractivity contribution in [2.24, 2.45) is 0 Å². The van der Waals surface area contributed by atoms with Crippen molar-refractivity contribution < 1.29 is 19.1 Å². The average Bonchev–Trinajstić information content (AvgIpc) is 2.51. The van der Waals surface area contributed by atoms with Crippen molar-refractivity contribution in [1.82, 2.24) is 5.32 Å². The molecule has 0 saturated carbocycles. The molecule has 0 aliphatic heterocycles. The number of rotatable bonds is 5. The minimum absolute atomic E-state index is 0.238. The molecule has 0 unspecified atom stereocenters. The second-order valence-corrected chi connectivity index (χ2v) is 4.79. The van der Waals surface area contributed by atoms with Crippen LogP contribution in [-0.4, -0.2) is 25.6 Å². The highest BCUT2D eigenvalue weighted by Crippen LogP contribution is 2.33. The summed E-state index contributed by atoms with van der Waals surface area (Å²) < 4.78 is 10.5. The van der Waals surface area contributed by atoms with Crippen molar-refractivity contribution in [2.75, 3.05) is 13.7 Å². The summed E-state index contributed by atoms with van der Waals surface area (Å²) in [5, 5.41) is 4.45. The van der Waals surface area contributed by atoms with Gasteiger partial charge in [-0.2, -0.15) is 0 Å². The van der Waals surface area contributed by atoms with Crippen molar-refractivity contribution in [1.29, 1.82) is 0 Å². The molecule has 0 aliphatic carbocycles. The van der Waals surface area contributed by atoms with E-state index in [4.69, 9.17) is 9.47 Å². The second kappa shape index (κ2) is 6.93. The van der Waals surface area contributed by atoms with Gasteiger partial charge < -0.3 is 14.8 Å². The van der Waals surface area contributed by atoms with Gasteiger partial charge in [-0.25, -0.2) is 4.79 Å². The number of carbonyl (C=O) groups excluding carboxylic acids is 2. The van der Waals surface area contributed by atoms with E-state index < -0.39 is 12.0 Å². The third-order valence-corrected chi connectivity index (χ3v) is 3.31. The van der Waals surface area contributed by atoms with Crippen LogP contribution in [0.3, 0.4) is 0 Å². The minimum Gasteiger partial charge on any atom is -0.496 e. The normalized spacial score (nSPS) is 11.8. The van der Waals surface area contributed by atoms with E-state index in [2.05, 4.69) is 5.32 Å². The highest BCUT2D eigenvalue weighted by molar-refractivity contribution is 5.94. The fourth-order valence-corrected chi connectivity index (χ4v) is 2.43. The number of hydrogen-bond acceptors (Lipinski definition) is 4. The zero-order chi connectivity index (χ0) is 16.1. The molecule has 1 atom stereocenters. The Morgan fingerprint density at radius 3 is 2.55 bits per heavy atom. The number of benzene rings is 2. The molecule has 0 bridgehead atoms. The quantitative estimate of drug-likeness (QED) is 0.862. The molecular weight excluding hydrogens is 282 g/mol. The van der Waals surface area contributed by atoms with Crippen molar-refractivity contribution >= 4 is 22.6 Å². The van der Waals surface area contributed by atoms with Crippen molar-refractivity contribution in [3.63, 3.8) is 0 Å². The molecule has 2 aromatic rings. The van der Waals surface area contributed by atoms with Crippen LogP contribution in [0.1, 0.15) is 25.5 Å². The molecule has 2 rings (SSSR count). The van der Waals surface area contributed by atoms with Gasteiger partial charge in [-0.05, 0) is 23.8 Å². The summed E-state index contributed by atoms with van der Waals surface area (Å²) in [7, 11) is 1.53. The standard InChI is InChI=1S/C17H19NO4/c1-4-22-17(20)16(18-11(2)19)15-13-8-6-5-7-12(13)9-10-14(15)21-3/h5-10,16H,4H2,1-3H3,(H,18,19)/t16-/m1/s1. The number of fused-ring (bicyclic) bond motifs is 1. The van der Waals surface area contributed by atoms with E-state index in [0.29, 0.717) is 11.3 Å². The third-order valence-electron chi connectivity index (χ3n) is 3.31. The number of amides is 1. The highest BCUT2D eigenvalue weighted by atomic mass is 16.5. The van der Waals surface area contributed by atoms with Crippen LogP contribution in [0, 0.1) is 0 Å². The summed E-state index contributed by atoms with van der Waals surface area (Å²) in [5.41, 5.74) is 0.606. The number of carbonyl (C=O) groups is 2. The maximum Gasteiger partial charge on any atom is 0.333 e. The summed E-state index contributed by atoms with van der Waals surface area (Å²) >= 11 is 0. The van der Waals surface area contributed by atoms with Crippen LogP contribution >= 0.6 is 0 Å². The molecule has 22 heavy (non-hydrogen) atoms. The summed E-state index contributed by atoms with van der Waals surface area (Å²) in [6, 6.07) is 10.4. The van der Waals surface area contributed by atoms with Crippen LogP contribution in [0.15, 0.2) is 36.4 Å². The third kappa shape index (κ3) is 3.19. The van der Waals surface area contributed by atoms with Gasteiger partial charge in [-0.3, -0.25) is 4.79 Å². The number of nitrogens with one attached hydrogen (secondary N) is 1. The lowest BCUT2D eigenvalue weighted by Gasteiger charge is -2.21. The SMILES string of the molecule is CCOC(=O)[C@H](NC(C)=O)c1c(OC)ccc2ccccc12. The van der Waals surface area contributed by atoms with Gasteiger partial charge >= 0.3 is 5.97 Å². The molecule has 0 heterocycles. The molecule has 0 radical (unpaired) electrons. The monoisotopic (exact) mass is 301 g/mol. The van der Waals surface area contributed by atoms with Crippen LogP contribution in [0.4, 0.5) is 0 Å². The largest absolute Gasteiger partial charge is 0.496 e. The van der Waals surface area contributed by atoms with Gasteiger partial charge in [0.2, 0.25) is 5.91 Å². The van der Waals surface area contributed by atoms with E-state index in [0.717, 1.165) is 10.8 Å². The van der Waals surface area contributed by atoms with Gasteiger partial charge in [0.25, 0.3) is 0 Å². The number of ether oxygens (including phenoxy) is 2. The van der Waals surface area contributed by atoms with E-state index >= 15 is 0 Å². The van der Waals surface area contributed by atoms with Gasteiger partial charge in [0.05, 0.1) is 13.7 Å². The Balaban J connectivity index is 2.65. The van der Waals surface area contributed by atoms with Crippen LogP contribution < -0.4 is 10.1 Å². The zero-order valence-electron chi connectivity index (χ0n) is 12.9. The fourth-order valence-electron chi connectivity index (χ4n) is 2.43. The molecule has 0 fully saturated rings. The first-order chi connectivity index (χ1) is 10.6. The summed E-state index contributed by atoms with van der Waals surface area (Å²) in [6.07, 6.45) is 0. The smallest absolute Gasteiger partial charge is 0.333 e. The van der Waals surface area contributed by atoms with Gasteiger partial charge in [0.15, 0.2) is 6.04 Å². The minimum atomic E-state index is -0.904. The predicted octanol–water partition coefficient (Wildman–Crippen LogP) is 2.59. The first-order valence-corrected chi connectivity index (χ1v) is 7.07. The van der Waals surface area contributed by atoms with E-state index in [-0.39, 0.29) is 12.5 Å². The lowest BCUT2D eigenvalue weighted by atomic mass is 9.97. The fraction of sp³-hybridized carbons (Fsp3) is 0.294. The number of methoxy groups -OCH3 is 1. The first-order valence-electron chi connectivity index (χ1n) is 7.07. The Hall–Kier alpha value is -2.56. The van der Waals surface area contributed by atoms with Gasteiger partial charge in [0.1, 0.15) is 5.75 Å². The first kappa shape index (κ1) is 15.8. The summed E-state index contributed by atoms with van der Waals surface area (Å²) in [6.45, 7) is 3.33. The van der Waals surface area contributed by atoms with Gasteiger partial charge in [0, 0.05) is 12.5 Å². The second-order valence-electron chi connectivity index (χ2n) is 4.79. The molecule has 5 nitrogen and oxygen atoms in total. The van der Waals surface area contributed by atoms with Gasteiger partial charge in [-0.15, -0.1) is 0 Å². The number of hydrogen-bond donors (Lipinski definition) is 1. The molecule has 116 valence electrons. The molecule has 0 spiro atoms. The molecule has 2 aromatic carbocycles. The maximum absolute atomic E-state index is 12.3. The molecule has 1 N–H and O–H groups in total. The molecule has 5 heteroatoms. The molecule has 1 amide bonds. The molecule has 0 aromatic heterocycles. The van der Waals surface area contributed by atoms with Crippen molar-refractivity contribution in [2.45, 2.75) is 19.9 Å². The Labute approximate surface area is 129 Å². The lowest BCUT2D eigenvalue weighted by molar-refractivity contribution is -0.147. The van der Waals surface area contributed by atoms with Crippen LogP contribution in [0.25, 0.3) is 10.8 Å². The summed E-state index contributed by atoms with van der Waals surface area (Å²) in [5.74, 6) is -0.286. The lowest BCUT2D eigenvalue weighted by Crippen LogP contribution is -2.33. The van der Waals surface area contributed by atoms with E-state index in [9.17, 15) is 9.59 Å². The van der Waals surface area contributed by atoms with Crippen LogP contribution in [-0.2, 0) is 14.3 Å². The molecule has 0 saturated heterocycles. The molecular formula is C17H19NO4. The van der Waals surface area contributed by atoms with E-state index in [1.54, 1.807) is 13.0 Å². The van der Waals surface area contributed by atoms with Crippen molar-refractivity contribution in [3.8, 4) is 5.75 Å².